The SMILES string of the molecule is C=CCNC(=O)C(C)(C)C(=O)N(CC)c1ccccc1. The summed E-state index contributed by atoms with van der Waals surface area (Å²) in [5.41, 5.74) is -0.320. The molecular weight excluding hydrogens is 252 g/mol. The molecule has 0 saturated heterocycles. The van der Waals surface area contributed by atoms with E-state index in [2.05, 4.69) is 11.9 Å². The van der Waals surface area contributed by atoms with Crippen molar-refractivity contribution in [2.24, 2.45) is 5.41 Å². The molecule has 0 atom stereocenters. The fourth-order valence-corrected chi connectivity index (χ4v) is 1.87. The first-order valence-corrected chi connectivity index (χ1v) is 6.71. The molecule has 0 radical (unpaired) electrons. The summed E-state index contributed by atoms with van der Waals surface area (Å²) in [6, 6.07) is 9.36. The van der Waals surface area contributed by atoms with Crippen molar-refractivity contribution in [3.8, 4) is 0 Å². The van der Waals surface area contributed by atoms with Crippen LogP contribution in [0.4, 0.5) is 5.69 Å². The van der Waals surface area contributed by atoms with Gasteiger partial charge in [-0.3, -0.25) is 9.59 Å². The van der Waals surface area contributed by atoms with Crippen molar-refractivity contribution in [2.75, 3.05) is 18.0 Å². The molecule has 0 aliphatic carbocycles. The molecule has 0 bridgehead atoms. The predicted molar refractivity (Wildman–Crippen MR) is 81.5 cm³/mol. The van der Waals surface area contributed by atoms with E-state index in [-0.39, 0.29) is 11.8 Å². The second-order valence-corrected chi connectivity index (χ2v) is 5.01. The van der Waals surface area contributed by atoms with E-state index in [1.54, 1.807) is 24.8 Å². The Labute approximate surface area is 120 Å². The van der Waals surface area contributed by atoms with Crippen molar-refractivity contribution >= 4 is 17.5 Å². The fourth-order valence-electron chi connectivity index (χ4n) is 1.87. The molecule has 1 rings (SSSR count). The summed E-state index contributed by atoms with van der Waals surface area (Å²) in [6.45, 7) is 9.59. The van der Waals surface area contributed by atoms with Crippen molar-refractivity contribution in [1.29, 1.82) is 0 Å². The Morgan fingerprint density at radius 1 is 1.30 bits per heavy atom. The highest BCUT2D eigenvalue weighted by Gasteiger charge is 2.38. The van der Waals surface area contributed by atoms with Gasteiger partial charge in [0.05, 0.1) is 0 Å². The van der Waals surface area contributed by atoms with E-state index >= 15 is 0 Å². The van der Waals surface area contributed by atoms with Crippen LogP contribution in [0.2, 0.25) is 0 Å². The number of nitrogens with one attached hydrogen (secondary N) is 1. The molecular formula is C16H22N2O2. The summed E-state index contributed by atoms with van der Waals surface area (Å²) in [7, 11) is 0. The van der Waals surface area contributed by atoms with Gasteiger partial charge in [0, 0.05) is 18.8 Å². The molecule has 1 N–H and O–H groups in total. The zero-order valence-electron chi connectivity index (χ0n) is 12.3. The van der Waals surface area contributed by atoms with E-state index in [1.807, 2.05) is 37.3 Å². The summed E-state index contributed by atoms with van der Waals surface area (Å²) in [6.07, 6.45) is 1.59. The number of anilines is 1. The molecule has 4 nitrogen and oxygen atoms in total. The van der Waals surface area contributed by atoms with Gasteiger partial charge in [-0.05, 0) is 32.9 Å². The molecule has 0 fully saturated rings. The summed E-state index contributed by atoms with van der Waals surface area (Å²) < 4.78 is 0. The highest BCUT2D eigenvalue weighted by atomic mass is 16.2. The number of amides is 2. The number of benzene rings is 1. The van der Waals surface area contributed by atoms with Crippen molar-refractivity contribution in [3.63, 3.8) is 0 Å². The van der Waals surface area contributed by atoms with Crippen LogP contribution in [0.1, 0.15) is 20.8 Å². The van der Waals surface area contributed by atoms with Crippen molar-refractivity contribution < 1.29 is 9.59 Å². The third kappa shape index (κ3) is 3.47. The van der Waals surface area contributed by atoms with Crippen LogP contribution in [0.25, 0.3) is 0 Å². The minimum absolute atomic E-state index is 0.215. The average Bonchev–Trinajstić information content (AvgIpc) is 2.46. The zero-order chi connectivity index (χ0) is 15.2. The minimum atomic E-state index is -1.12. The maximum Gasteiger partial charge on any atom is 0.242 e. The second-order valence-electron chi connectivity index (χ2n) is 5.01. The third-order valence-electron chi connectivity index (χ3n) is 3.14. The number of hydrogen-bond acceptors (Lipinski definition) is 2. The van der Waals surface area contributed by atoms with Gasteiger partial charge in [-0.2, -0.15) is 0 Å². The molecule has 1 aromatic rings. The predicted octanol–water partition coefficient (Wildman–Crippen LogP) is 2.37. The Morgan fingerprint density at radius 2 is 1.90 bits per heavy atom. The summed E-state index contributed by atoms with van der Waals surface area (Å²) in [5.74, 6) is -0.510. The van der Waals surface area contributed by atoms with Crippen molar-refractivity contribution in [2.45, 2.75) is 20.8 Å². The van der Waals surface area contributed by atoms with Crippen LogP contribution in [0.3, 0.4) is 0 Å². The standard InChI is InChI=1S/C16H22N2O2/c1-5-12-17-14(19)16(3,4)15(20)18(6-2)13-10-8-7-9-11-13/h5,7-11H,1,6,12H2,2-4H3,(H,17,19). The lowest BCUT2D eigenvalue weighted by molar-refractivity contribution is -0.139. The number of rotatable bonds is 6. The second kappa shape index (κ2) is 6.89. The quantitative estimate of drug-likeness (QED) is 0.639. The van der Waals surface area contributed by atoms with Gasteiger partial charge in [0.1, 0.15) is 5.41 Å². The number of hydrogen-bond donors (Lipinski definition) is 1. The van der Waals surface area contributed by atoms with E-state index < -0.39 is 5.41 Å². The molecule has 1 aromatic carbocycles. The van der Waals surface area contributed by atoms with Gasteiger partial charge in [0.25, 0.3) is 0 Å². The molecule has 20 heavy (non-hydrogen) atoms. The van der Waals surface area contributed by atoms with E-state index in [4.69, 9.17) is 0 Å². The monoisotopic (exact) mass is 274 g/mol. The maximum atomic E-state index is 12.6. The fraction of sp³-hybridized carbons (Fsp3) is 0.375. The van der Waals surface area contributed by atoms with Gasteiger partial charge < -0.3 is 10.2 Å². The van der Waals surface area contributed by atoms with Crippen LogP contribution in [0.15, 0.2) is 43.0 Å². The number of carbonyl (C=O) groups is 2. The zero-order valence-corrected chi connectivity index (χ0v) is 12.3. The van der Waals surface area contributed by atoms with E-state index in [9.17, 15) is 9.59 Å². The minimum Gasteiger partial charge on any atom is -0.352 e. The smallest absolute Gasteiger partial charge is 0.242 e. The Balaban J connectivity index is 2.95. The molecule has 0 aliphatic rings. The molecule has 0 unspecified atom stereocenters. The number of carbonyl (C=O) groups excluding carboxylic acids is 2. The normalized spacial score (nSPS) is 10.8. The van der Waals surface area contributed by atoms with Gasteiger partial charge in [0.15, 0.2) is 0 Å². The first-order valence-electron chi connectivity index (χ1n) is 6.71. The molecule has 2 amide bonds. The van der Waals surface area contributed by atoms with Crippen LogP contribution in [-0.2, 0) is 9.59 Å². The van der Waals surface area contributed by atoms with Crippen molar-refractivity contribution in [3.05, 3.63) is 43.0 Å². The topological polar surface area (TPSA) is 49.4 Å². The lowest BCUT2D eigenvalue weighted by atomic mass is 9.90. The average molecular weight is 274 g/mol. The molecule has 108 valence electrons. The number of para-hydroxylation sites is 1. The Kier molecular flexibility index (Phi) is 5.50. The van der Waals surface area contributed by atoms with Gasteiger partial charge >= 0.3 is 0 Å². The first kappa shape index (κ1) is 16.0. The first-order chi connectivity index (χ1) is 9.45. The third-order valence-corrected chi connectivity index (χ3v) is 3.14. The van der Waals surface area contributed by atoms with Crippen LogP contribution in [-0.4, -0.2) is 24.9 Å². The summed E-state index contributed by atoms with van der Waals surface area (Å²) in [5, 5.41) is 2.68. The lowest BCUT2D eigenvalue weighted by Crippen LogP contribution is -2.49. The van der Waals surface area contributed by atoms with Crippen molar-refractivity contribution in [1.82, 2.24) is 5.32 Å². The van der Waals surface area contributed by atoms with Crippen LogP contribution in [0, 0.1) is 5.41 Å². The largest absolute Gasteiger partial charge is 0.352 e. The van der Waals surface area contributed by atoms with Crippen LogP contribution >= 0.6 is 0 Å². The Hall–Kier alpha value is -2.10. The maximum absolute atomic E-state index is 12.6. The highest BCUT2D eigenvalue weighted by Crippen LogP contribution is 2.24. The van der Waals surface area contributed by atoms with Crippen LogP contribution in [0.5, 0.6) is 0 Å². The molecule has 0 aliphatic heterocycles. The lowest BCUT2D eigenvalue weighted by Gasteiger charge is -2.30. The highest BCUT2D eigenvalue weighted by molar-refractivity contribution is 6.11. The van der Waals surface area contributed by atoms with Gasteiger partial charge in [-0.1, -0.05) is 24.3 Å². The Morgan fingerprint density at radius 3 is 2.40 bits per heavy atom. The van der Waals surface area contributed by atoms with E-state index in [0.29, 0.717) is 13.1 Å². The molecule has 4 heteroatoms. The summed E-state index contributed by atoms with van der Waals surface area (Å²) >= 11 is 0. The molecule has 0 saturated carbocycles. The van der Waals surface area contributed by atoms with E-state index in [1.165, 1.54) is 0 Å². The number of nitrogens with zero attached hydrogens (tertiary/aromatic N) is 1. The van der Waals surface area contributed by atoms with Crippen LogP contribution < -0.4 is 10.2 Å². The van der Waals surface area contributed by atoms with Gasteiger partial charge in [-0.25, -0.2) is 0 Å². The molecule has 0 aromatic heterocycles. The summed E-state index contributed by atoms with van der Waals surface area (Å²) in [4.78, 5) is 26.4. The van der Waals surface area contributed by atoms with E-state index in [0.717, 1.165) is 5.69 Å². The Bertz CT molecular complexity index is 481. The van der Waals surface area contributed by atoms with Gasteiger partial charge in [-0.15, -0.1) is 6.58 Å². The molecule has 0 heterocycles. The van der Waals surface area contributed by atoms with Gasteiger partial charge in [0.2, 0.25) is 11.8 Å². The molecule has 0 spiro atoms.